The van der Waals surface area contributed by atoms with Crippen molar-refractivity contribution in [3.63, 3.8) is 0 Å². The highest BCUT2D eigenvalue weighted by Gasteiger charge is 2.19. The van der Waals surface area contributed by atoms with Gasteiger partial charge < -0.3 is 4.74 Å². The number of ether oxygens (including phenoxy) is 1. The van der Waals surface area contributed by atoms with E-state index in [1.807, 2.05) is 6.92 Å². The highest BCUT2D eigenvalue weighted by Crippen LogP contribution is 2.27. The second-order valence-electron chi connectivity index (χ2n) is 2.89. The average molecular weight is 169 g/mol. The van der Waals surface area contributed by atoms with Crippen molar-refractivity contribution in [2.45, 2.75) is 19.3 Å². The van der Waals surface area contributed by atoms with Gasteiger partial charge in [-0.15, -0.1) is 11.3 Å². The second-order valence-corrected chi connectivity index (χ2v) is 3.78. The first-order chi connectivity index (χ1) is 5.36. The van der Waals surface area contributed by atoms with Crippen LogP contribution in [0, 0.1) is 6.92 Å². The summed E-state index contributed by atoms with van der Waals surface area (Å²) in [6.07, 6.45) is 1.15. The summed E-state index contributed by atoms with van der Waals surface area (Å²) in [7, 11) is 0. The molecule has 1 aliphatic rings. The van der Waals surface area contributed by atoms with Gasteiger partial charge in [0.2, 0.25) is 0 Å². The quantitative estimate of drug-likeness (QED) is 0.641. The Morgan fingerprint density at radius 1 is 1.73 bits per heavy atom. The normalized spacial score (nSPS) is 24.3. The Morgan fingerprint density at radius 2 is 2.64 bits per heavy atom. The lowest BCUT2D eigenvalue weighted by atomic mass is 10.1. The van der Waals surface area contributed by atoms with Gasteiger partial charge in [0.1, 0.15) is 0 Å². The maximum Gasteiger partial charge on any atom is 0.0983 e. The van der Waals surface area contributed by atoms with E-state index in [2.05, 4.69) is 10.4 Å². The molecule has 2 nitrogen and oxygen atoms in total. The van der Waals surface area contributed by atoms with Gasteiger partial charge in [0.25, 0.3) is 0 Å². The van der Waals surface area contributed by atoms with Crippen molar-refractivity contribution in [1.82, 2.24) is 4.98 Å². The summed E-state index contributed by atoms with van der Waals surface area (Å²) < 4.78 is 5.29. The summed E-state index contributed by atoms with van der Waals surface area (Å²) in [5, 5.41) is 3.35. The molecule has 1 aliphatic heterocycles. The van der Waals surface area contributed by atoms with E-state index in [9.17, 15) is 0 Å². The summed E-state index contributed by atoms with van der Waals surface area (Å²) >= 11 is 1.76. The molecule has 0 amide bonds. The van der Waals surface area contributed by atoms with Crippen LogP contribution in [-0.4, -0.2) is 18.2 Å². The molecule has 1 fully saturated rings. The average Bonchev–Trinajstić information content (AvgIpc) is 2.55. The Hall–Kier alpha value is -0.410. The SMILES string of the molecule is Cc1csc(C2CCOC2)n1. The van der Waals surface area contributed by atoms with Crippen LogP contribution in [0.1, 0.15) is 23.0 Å². The van der Waals surface area contributed by atoms with Crippen molar-refractivity contribution in [2.75, 3.05) is 13.2 Å². The Labute approximate surface area is 70.2 Å². The van der Waals surface area contributed by atoms with E-state index in [0.717, 1.165) is 25.3 Å². The van der Waals surface area contributed by atoms with Gasteiger partial charge in [0.05, 0.1) is 11.6 Å². The third-order valence-electron chi connectivity index (χ3n) is 1.92. The number of rotatable bonds is 1. The molecule has 1 aromatic rings. The van der Waals surface area contributed by atoms with Crippen molar-refractivity contribution in [3.05, 3.63) is 16.1 Å². The number of nitrogens with zero attached hydrogens (tertiary/aromatic N) is 1. The first-order valence-electron chi connectivity index (χ1n) is 3.86. The molecular weight excluding hydrogens is 158 g/mol. The van der Waals surface area contributed by atoms with Crippen LogP contribution >= 0.6 is 11.3 Å². The highest BCUT2D eigenvalue weighted by atomic mass is 32.1. The maximum absolute atomic E-state index is 5.29. The van der Waals surface area contributed by atoms with Crippen molar-refractivity contribution in [2.24, 2.45) is 0 Å². The van der Waals surface area contributed by atoms with Crippen LogP contribution in [0.3, 0.4) is 0 Å². The van der Waals surface area contributed by atoms with Gasteiger partial charge >= 0.3 is 0 Å². The Morgan fingerprint density at radius 3 is 3.18 bits per heavy atom. The van der Waals surface area contributed by atoms with Crippen LogP contribution in [0.5, 0.6) is 0 Å². The van der Waals surface area contributed by atoms with E-state index in [1.165, 1.54) is 5.01 Å². The lowest BCUT2D eigenvalue weighted by Gasteiger charge is -1.99. The van der Waals surface area contributed by atoms with Gasteiger partial charge in [0, 0.05) is 23.6 Å². The predicted molar refractivity (Wildman–Crippen MR) is 45.0 cm³/mol. The molecule has 2 heterocycles. The molecule has 1 saturated heterocycles. The molecule has 0 aliphatic carbocycles. The smallest absolute Gasteiger partial charge is 0.0983 e. The molecule has 1 aromatic heterocycles. The molecule has 0 radical (unpaired) electrons. The van der Waals surface area contributed by atoms with Crippen molar-refractivity contribution in [3.8, 4) is 0 Å². The van der Waals surface area contributed by atoms with Gasteiger partial charge in [-0.25, -0.2) is 4.98 Å². The molecule has 0 bridgehead atoms. The minimum Gasteiger partial charge on any atom is -0.381 e. The van der Waals surface area contributed by atoms with E-state index in [-0.39, 0.29) is 0 Å². The van der Waals surface area contributed by atoms with Gasteiger partial charge in [0.15, 0.2) is 0 Å². The first kappa shape index (κ1) is 7.25. The lowest BCUT2D eigenvalue weighted by molar-refractivity contribution is 0.194. The summed E-state index contributed by atoms with van der Waals surface area (Å²) in [5.74, 6) is 0.577. The van der Waals surface area contributed by atoms with Gasteiger partial charge in [-0.05, 0) is 13.3 Å². The zero-order valence-corrected chi connectivity index (χ0v) is 7.36. The summed E-state index contributed by atoms with van der Waals surface area (Å²) in [4.78, 5) is 4.43. The van der Waals surface area contributed by atoms with E-state index in [0.29, 0.717) is 5.92 Å². The molecule has 1 unspecified atom stereocenters. The molecule has 60 valence electrons. The third kappa shape index (κ3) is 1.44. The van der Waals surface area contributed by atoms with E-state index < -0.39 is 0 Å². The molecule has 0 N–H and O–H groups in total. The minimum absolute atomic E-state index is 0.577. The fourth-order valence-electron chi connectivity index (χ4n) is 1.29. The zero-order valence-electron chi connectivity index (χ0n) is 6.54. The Bertz CT molecular complexity index is 240. The van der Waals surface area contributed by atoms with Gasteiger partial charge in [-0.1, -0.05) is 0 Å². The molecular formula is C8H11NOS. The third-order valence-corrected chi connectivity index (χ3v) is 3.04. The van der Waals surface area contributed by atoms with Crippen LogP contribution in [0.2, 0.25) is 0 Å². The molecule has 2 rings (SSSR count). The molecule has 0 aromatic carbocycles. The molecule has 0 saturated carbocycles. The number of thiazole rings is 1. The number of hydrogen-bond donors (Lipinski definition) is 0. The summed E-state index contributed by atoms with van der Waals surface area (Å²) in [5.41, 5.74) is 1.14. The Balaban J connectivity index is 2.15. The monoisotopic (exact) mass is 169 g/mol. The largest absolute Gasteiger partial charge is 0.381 e. The molecule has 0 spiro atoms. The molecule has 3 heteroatoms. The summed E-state index contributed by atoms with van der Waals surface area (Å²) in [6.45, 7) is 3.81. The van der Waals surface area contributed by atoms with Crippen LogP contribution < -0.4 is 0 Å². The van der Waals surface area contributed by atoms with E-state index in [4.69, 9.17) is 4.74 Å². The Kier molecular flexibility index (Phi) is 1.92. The predicted octanol–water partition coefficient (Wildman–Crippen LogP) is 1.96. The van der Waals surface area contributed by atoms with Crippen LogP contribution in [0.25, 0.3) is 0 Å². The number of aromatic nitrogens is 1. The van der Waals surface area contributed by atoms with Crippen LogP contribution in [-0.2, 0) is 4.74 Å². The van der Waals surface area contributed by atoms with Crippen LogP contribution in [0.4, 0.5) is 0 Å². The topological polar surface area (TPSA) is 22.1 Å². The summed E-state index contributed by atoms with van der Waals surface area (Å²) in [6, 6.07) is 0. The number of aryl methyl sites for hydroxylation is 1. The number of hydrogen-bond acceptors (Lipinski definition) is 3. The van der Waals surface area contributed by atoms with Gasteiger partial charge in [-0.2, -0.15) is 0 Å². The standard InChI is InChI=1S/C8H11NOS/c1-6-5-11-8(9-6)7-2-3-10-4-7/h5,7H,2-4H2,1H3. The van der Waals surface area contributed by atoms with Gasteiger partial charge in [-0.3, -0.25) is 0 Å². The lowest BCUT2D eigenvalue weighted by Crippen LogP contribution is -1.96. The minimum atomic E-state index is 0.577. The fraction of sp³-hybridized carbons (Fsp3) is 0.625. The molecule has 11 heavy (non-hydrogen) atoms. The first-order valence-corrected chi connectivity index (χ1v) is 4.74. The van der Waals surface area contributed by atoms with Crippen LogP contribution in [0.15, 0.2) is 5.38 Å². The van der Waals surface area contributed by atoms with Crippen molar-refractivity contribution in [1.29, 1.82) is 0 Å². The fourth-order valence-corrected chi connectivity index (χ4v) is 2.21. The zero-order chi connectivity index (χ0) is 7.68. The van der Waals surface area contributed by atoms with E-state index >= 15 is 0 Å². The van der Waals surface area contributed by atoms with Crippen molar-refractivity contribution < 1.29 is 4.74 Å². The van der Waals surface area contributed by atoms with E-state index in [1.54, 1.807) is 11.3 Å². The second kappa shape index (κ2) is 2.91. The maximum atomic E-state index is 5.29. The van der Waals surface area contributed by atoms with Crippen molar-refractivity contribution >= 4 is 11.3 Å². The highest BCUT2D eigenvalue weighted by molar-refractivity contribution is 7.09. The molecule has 1 atom stereocenters.